The lowest BCUT2D eigenvalue weighted by atomic mass is 10.2. The van der Waals surface area contributed by atoms with Gasteiger partial charge in [-0.15, -0.1) is 13.2 Å². The molecule has 1 heterocycles. The number of alkyl halides is 3. The van der Waals surface area contributed by atoms with Crippen LogP contribution >= 0.6 is 0 Å². The quantitative estimate of drug-likeness (QED) is 0.771. The summed E-state index contributed by atoms with van der Waals surface area (Å²) < 4.78 is 50.8. The molecule has 1 aromatic carbocycles. The standard InChI is InChI=1S/C16H15F3N2O4/c1-23-8-9-24-15-13(6-3-7-20-15)14(22)21-11-4-2-5-12(10-11)25-16(17,18)19/h2-7,10H,8-9H2,1H3,(H,21,22). The molecule has 0 aliphatic carbocycles. The van der Waals surface area contributed by atoms with Crippen LogP contribution in [0, 0.1) is 0 Å². The van der Waals surface area contributed by atoms with Gasteiger partial charge in [-0.2, -0.15) is 0 Å². The molecule has 0 unspecified atom stereocenters. The Hall–Kier alpha value is -2.81. The molecule has 9 heteroatoms. The first-order valence-corrected chi connectivity index (χ1v) is 7.13. The molecule has 0 aliphatic rings. The van der Waals surface area contributed by atoms with Crippen LogP contribution in [0.5, 0.6) is 11.6 Å². The van der Waals surface area contributed by atoms with E-state index in [-0.39, 0.29) is 23.7 Å². The number of methoxy groups -OCH3 is 1. The van der Waals surface area contributed by atoms with E-state index in [1.807, 2.05) is 0 Å². The first kappa shape index (κ1) is 18.5. The lowest BCUT2D eigenvalue weighted by Crippen LogP contribution is -2.18. The van der Waals surface area contributed by atoms with Crippen molar-refractivity contribution in [1.82, 2.24) is 4.98 Å². The maximum atomic E-state index is 12.3. The molecule has 2 rings (SSSR count). The van der Waals surface area contributed by atoms with Gasteiger partial charge in [0, 0.05) is 25.1 Å². The molecule has 2 aromatic rings. The number of hydrogen-bond acceptors (Lipinski definition) is 5. The molecule has 0 fully saturated rings. The van der Waals surface area contributed by atoms with Gasteiger partial charge in [0.15, 0.2) is 0 Å². The second-order valence-corrected chi connectivity index (χ2v) is 4.73. The number of carbonyl (C=O) groups is 1. The number of amides is 1. The lowest BCUT2D eigenvalue weighted by molar-refractivity contribution is -0.274. The summed E-state index contributed by atoms with van der Waals surface area (Å²) in [5.41, 5.74) is 0.277. The summed E-state index contributed by atoms with van der Waals surface area (Å²) in [4.78, 5) is 16.3. The Morgan fingerprint density at radius 2 is 2.00 bits per heavy atom. The molecule has 0 radical (unpaired) electrons. The van der Waals surface area contributed by atoms with Crippen LogP contribution in [-0.4, -0.2) is 37.6 Å². The largest absolute Gasteiger partial charge is 0.573 e. The van der Waals surface area contributed by atoms with E-state index >= 15 is 0 Å². The Morgan fingerprint density at radius 1 is 1.20 bits per heavy atom. The van der Waals surface area contributed by atoms with Crippen LogP contribution in [0.4, 0.5) is 18.9 Å². The van der Waals surface area contributed by atoms with Crippen molar-refractivity contribution in [2.45, 2.75) is 6.36 Å². The van der Waals surface area contributed by atoms with E-state index in [9.17, 15) is 18.0 Å². The van der Waals surface area contributed by atoms with Gasteiger partial charge < -0.3 is 19.5 Å². The second-order valence-electron chi connectivity index (χ2n) is 4.73. The minimum Gasteiger partial charge on any atom is -0.475 e. The highest BCUT2D eigenvalue weighted by Crippen LogP contribution is 2.25. The van der Waals surface area contributed by atoms with Gasteiger partial charge in [0.25, 0.3) is 5.91 Å². The van der Waals surface area contributed by atoms with E-state index in [0.29, 0.717) is 6.61 Å². The van der Waals surface area contributed by atoms with E-state index in [1.165, 1.54) is 31.5 Å². The van der Waals surface area contributed by atoms with Crippen LogP contribution in [-0.2, 0) is 4.74 Å². The van der Waals surface area contributed by atoms with Gasteiger partial charge in [-0.05, 0) is 24.3 Å². The summed E-state index contributed by atoms with van der Waals surface area (Å²) in [6, 6.07) is 7.99. The highest BCUT2D eigenvalue weighted by atomic mass is 19.4. The van der Waals surface area contributed by atoms with Crippen molar-refractivity contribution in [2.24, 2.45) is 0 Å². The third-order valence-corrected chi connectivity index (χ3v) is 2.87. The van der Waals surface area contributed by atoms with Gasteiger partial charge >= 0.3 is 6.36 Å². The number of nitrogens with one attached hydrogen (secondary N) is 1. The SMILES string of the molecule is COCCOc1ncccc1C(=O)Nc1cccc(OC(F)(F)F)c1. The Kier molecular flexibility index (Phi) is 6.18. The molecule has 1 N–H and O–H groups in total. The average molecular weight is 356 g/mol. The second kappa shape index (κ2) is 8.34. The molecule has 0 spiro atoms. The highest BCUT2D eigenvalue weighted by molar-refractivity contribution is 6.05. The van der Waals surface area contributed by atoms with Gasteiger partial charge in [-0.25, -0.2) is 4.98 Å². The van der Waals surface area contributed by atoms with E-state index in [2.05, 4.69) is 15.0 Å². The molecule has 0 atom stereocenters. The maximum absolute atomic E-state index is 12.3. The van der Waals surface area contributed by atoms with Gasteiger partial charge in [0.1, 0.15) is 17.9 Å². The molecular formula is C16H15F3N2O4. The minimum atomic E-state index is -4.81. The number of halogens is 3. The monoisotopic (exact) mass is 356 g/mol. The zero-order chi connectivity index (χ0) is 18.3. The molecule has 0 saturated carbocycles. The van der Waals surface area contributed by atoms with Crippen LogP contribution in [0.3, 0.4) is 0 Å². The zero-order valence-electron chi connectivity index (χ0n) is 13.2. The molecule has 25 heavy (non-hydrogen) atoms. The van der Waals surface area contributed by atoms with Crippen LogP contribution in [0.15, 0.2) is 42.6 Å². The van der Waals surface area contributed by atoms with E-state index in [4.69, 9.17) is 9.47 Å². The number of ether oxygens (including phenoxy) is 3. The van der Waals surface area contributed by atoms with E-state index < -0.39 is 18.0 Å². The summed E-state index contributed by atoms with van der Waals surface area (Å²) >= 11 is 0. The van der Waals surface area contributed by atoms with Crippen molar-refractivity contribution < 1.29 is 32.2 Å². The number of pyridine rings is 1. The number of hydrogen-bond donors (Lipinski definition) is 1. The van der Waals surface area contributed by atoms with Crippen molar-refractivity contribution in [2.75, 3.05) is 25.6 Å². The summed E-state index contributed by atoms with van der Waals surface area (Å²) in [6.07, 6.45) is -3.36. The van der Waals surface area contributed by atoms with Crippen molar-refractivity contribution in [3.05, 3.63) is 48.2 Å². The number of rotatable bonds is 7. The van der Waals surface area contributed by atoms with Gasteiger partial charge in [-0.1, -0.05) is 6.07 Å². The van der Waals surface area contributed by atoms with E-state index in [1.54, 1.807) is 6.07 Å². The van der Waals surface area contributed by atoms with E-state index in [0.717, 1.165) is 12.1 Å². The summed E-state index contributed by atoms with van der Waals surface area (Å²) in [5.74, 6) is -0.919. The fourth-order valence-corrected chi connectivity index (χ4v) is 1.87. The molecule has 1 amide bonds. The third kappa shape index (κ3) is 5.96. The molecule has 0 saturated heterocycles. The third-order valence-electron chi connectivity index (χ3n) is 2.87. The van der Waals surface area contributed by atoms with Crippen molar-refractivity contribution >= 4 is 11.6 Å². The van der Waals surface area contributed by atoms with Gasteiger partial charge in [-0.3, -0.25) is 4.79 Å². The van der Waals surface area contributed by atoms with Crippen molar-refractivity contribution in [1.29, 1.82) is 0 Å². The molecule has 134 valence electrons. The fraction of sp³-hybridized carbons (Fsp3) is 0.250. The van der Waals surface area contributed by atoms with Crippen molar-refractivity contribution in [3.63, 3.8) is 0 Å². The molecule has 0 bridgehead atoms. The number of anilines is 1. The predicted octanol–water partition coefficient (Wildman–Crippen LogP) is 3.26. The molecule has 1 aromatic heterocycles. The predicted molar refractivity (Wildman–Crippen MR) is 82.7 cm³/mol. The fourth-order valence-electron chi connectivity index (χ4n) is 1.87. The molecular weight excluding hydrogens is 341 g/mol. The Morgan fingerprint density at radius 3 is 2.72 bits per heavy atom. The van der Waals surface area contributed by atoms with Crippen LogP contribution < -0.4 is 14.8 Å². The number of nitrogens with zero attached hydrogens (tertiary/aromatic N) is 1. The van der Waals surface area contributed by atoms with Gasteiger partial charge in [0.2, 0.25) is 5.88 Å². The number of aromatic nitrogens is 1. The highest BCUT2D eigenvalue weighted by Gasteiger charge is 2.31. The molecule has 0 aliphatic heterocycles. The van der Waals surface area contributed by atoms with Crippen LogP contribution in [0.2, 0.25) is 0 Å². The van der Waals surface area contributed by atoms with Crippen LogP contribution in [0.1, 0.15) is 10.4 Å². The Balaban J connectivity index is 2.11. The summed E-state index contributed by atoms with van der Waals surface area (Å²) in [5, 5.41) is 2.48. The van der Waals surface area contributed by atoms with Crippen LogP contribution in [0.25, 0.3) is 0 Å². The summed E-state index contributed by atoms with van der Waals surface area (Å²) in [7, 11) is 1.51. The first-order valence-electron chi connectivity index (χ1n) is 7.13. The zero-order valence-corrected chi connectivity index (χ0v) is 13.2. The average Bonchev–Trinajstić information content (AvgIpc) is 2.54. The minimum absolute atomic E-state index is 0.0970. The Bertz CT molecular complexity index is 723. The summed E-state index contributed by atoms with van der Waals surface area (Å²) in [6.45, 7) is 0.511. The smallest absolute Gasteiger partial charge is 0.475 e. The normalized spacial score (nSPS) is 11.0. The number of carbonyl (C=O) groups excluding carboxylic acids is 1. The molecule has 6 nitrogen and oxygen atoms in total. The lowest BCUT2D eigenvalue weighted by Gasteiger charge is -2.12. The maximum Gasteiger partial charge on any atom is 0.573 e. The van der Waals surface area contributed by atoms with Crippen molar-refractivity contribution in [3.8, 4) is 11.6 Å². The number of benzene rings is 1. The van der Waals surface area contributed by atoms with Gasteiger partial charge in [0.05, 0.1) is 6.61 Å². The first-order chi connectivity index (χ1) is 11.9. The topological polar surface area (TPSA) is 69.7 Å². The Labute approximate surface area is 141 Å².